The van der Waals surface area contributed by atoms with Crippen molar-refractivity contribution in [1.82, 2.24) is 5.32 Å². The van der Waals surface area contributed by atoms with E-state index >= 15 is 0 Å². The summed E-state index contributed by atoms with van der Waals surface area (Å²) in [4.78, 5) is 12.4. The van der Waals surface area contributed by atoms with Crippen LogP contribution in [0.15, 0.2) is 24.3 Å². The molecule has 1 atom stereocenters. The number of carbonyl (C=O) groups excluding carboxylic acids is 1. The van der Waals surface area contributed by atoms with Crippen LogP contribution < -0.4 is 11.1 Å². The maximum absolute atomic E-state index is 12.4. The van der Waals surface area contributed by atoms with Gasteiger partial charge >= 0.3 is 0 Å². The Bertz CT molecular complexity index is 430. The largest absolute Gasteiger partial charge is 0.355 e. The van der Waals surface area contributed by atoms with E-state index in [-0.39, 0.29) is 5.91 Å². The van der Waals surface area contributed by atoms with Crippen molar-refractivity contribution in [3.8, 4) is 0 Å². The summed E-state index contributed by atoms with van der Waals surface area (Å²) in [7, 11) is 0. The second-order valence-corrected chi connectivity index (χ2v) is 5.72. The number of hydrogen-bond donors (Lipinski definition) is 2. The van der Waals surface area contributed by atoms with Gasteiger partial charge in [-0.2, -0.15) is 0 Å². The van der Waals surface area contributed by atoms with Gasteiger partial charge in [0.15, 0.2) is 0 Å². The molecule has 0 radical (unpaired) electrons. The molecule has 0 saturated heterocycles. The van der Waals surface area contributed by atoms with Crippen LogP contribution in [0.4, 0.5) is 0 Å². The molecule has 1 rings (SSSR count). The normalized spacial score (nSPS) is 13.1. The molecule has 20 heavy (non-hydrogen) atoms. The summed E-state index contributed by atoms with van der Waals surface area (Å²) in [5.41, 5.74) is 7.91. The van der Waals surface area contributed by atoms with Gasteiger partial charge in [-0.3, -0.25) is 4.79 Å². The van der Waals surface area contributed by atoms with Gasteiger partial charge in [0.2, 0.25) is 5.91 Å². The molecule has 0 aromatic heterocycles. The Morgan fingerprint density at radius 1 is 1.35 bits per heavy atom. The van der Waals surface area contributed by atoms with E-state index in [1.807, 2.05) is 13.8 Å². The first kappa shape index (κ1) is 16.7. The van der Waals surface area contributed by atoms with Crippen LogP contribution in [0.5, 0.6) is 0 Å². The molecule has 0 aliphatic carbocycles. The molecule has 0 heterocycles. The third kappa shape index (κ3) is 3.83. The van der Waals surface area contributed by atoms with Crippen LogP contribution in [0.2, 0.25) is 0 Å². The van der Waals surface area contributed by atoms with E-state index in [4.69, 9.17) is 5.73 Å². The molecule has 1 aromatic rings. The van der Waals surface area contributed by atoms with Crippen molar-refractivity contribution in [3.05, 3.63) is 35.4 Å². The highest BCUT2D eigenvalue weighted by atomic mass is 16.2. The lowest BCUT2D eigenvalue weighted by atomic mass is 9.81. The monoisotopic (exact) mass is 276 g/mol. The molecule has 0 bridgehead atoms. The van der Waals surface area contributed by atoms with Crippen LogP contribution in [0.25, 0.3) is 0 Å². The van der Waals surface area contributed by atoms with Gasteiger partial charge in [-0.1, -0.05) is 50.6 Å². The standard InChI is InChI=1S/C17H28N2O/c1-5-17(6-2,12-18)16(20)19-11-14(4)15-9-7-8-13(3)10-15/h7-10,14H,5-6,11-12,18H2,1-4H3,(H,19,20). The van der Waals surface area contributed by atoms with Gasteiger partial charge in [0.1, 0.15) is 0 Å². The number of rotatable bonds is 7. The first-order valence-corrected chi connectivity index (χ1v) is 7.54. The first-order chi connectivity index (χ1) is 9.49. The quantitative estimate of drug-likeness (QED) is 0.804. The van der Waals surface area contributed by atoms with Crippen molar-refractivity contribution in [2.75, 3.05) is 13.1 Å². The molecule has 0 fully saturated rings. The Morgan fingerprint density at radius 3 is 2.50 bits per heavy atom. The van der Waals surface area contributed by atoms with E-state index in [1.165, 1.54) is 11.1 Å². The van der Waals surface area contributed by atoms with Crippen LogP contribution >= 0.6 is 0 Å². The summed E-state index contributed by atoms with van der Waals surface area (Å²) < 4.78 is 0. The highest BCUT2D eigenvalue weighted by molar-refractivity contribution is 5.82. The molecule has 0 aliphatic heterocycles. The average molecular weight is 276 g/mol. The smallest absolute Gasteiger partial charge is 0.227 e. The predicted octanol–water partition coefficient (Wildman–Crippen LogP) is 2.98. The molecule has 3 nitrogen and oxygen atoms in total. The number of carbonyl (C=O) groups is 1. The van der Waals surface area contributed by atoms with Crippen LogP contribution in [-0.2, 0) is 4.79 Å². The summed E-state index contributed by atoms with van der Waals surface area (Å²) in [6.07, 6.45) is 1.56. The number of aryl methyl sites for hydroxylation is 1. The molecule has 1 unspecified atom stereocenters. The third-order valence-corrected chi connectivity index (χ3v) is 4.41. The predicted molar refractivity (Wildman–Crippen MR) is 84.7 cm³/mol. The third-order valence-electron chi connectivity index (χ3n) is 4.41. The summed E-state index contributed by atoms with van der Waals surface area (Å²) in [6.45, 7) is 9.34. The van der Waals surface area contributed by atoms with Gasteiger partial charge in [0.05, 0.1) is 5.41 Å². The molecule has 112 valence electrons. The molecule has 3 N–H and O–H groups in total. The highest BCUT2D eigenvalue weighted by Crippen LogP contribution is 2.25. The topological polar surface area (TPSA) is 55.1 Å². The fourth-order valence-electron chi connectivity index (χ4n) is 2.48. The van der Waals surface area contributed by atoms with Crippen molar-refractivity contribution in [2.24, 2.45) is 11.1 Å². The summed E-state index contributed by atoms with van der Waals surface area (Å²) in [5.74, 6) is 0.396. The lowest BCUT2D eigenvalue weighted by Gasteiger charge is -2.29. The van der Waals surface area contributed by atoms with Crippen molar-refractivity contribution in [2.45, 2.75) is 46.5 Å². The van der Waals surface area contributed by atoms with Gasteiger partial charge < -0.3 is 11.1 Å². The maximum Gasteiger partial charge on any atom is 0.227 e. The highest BCUT2D eigenvalue weighted by Gasteiger charge is 2.33. The van der Waals surface area contributed by atoms with Crippen LogP contribution in [0.3, 0.4) is 0 Å². The fourth-order valence-corrected chi connectivity index (χ4v) is 2.48. The summed E-state index contributed by atoms with van der Waals surface area (Å²) in [6, 6.07) is 8.43. The minimum absolute atomic E-state index is 0.0875. The lowest BCUT2D eigenvalue weighted by molar-refractivity contribution is -0.131. The molecular weight excluding hydrogens is 248 g/mol. The van der Waals surface area contributed by atoms with E-state index in [1.54, 1.807) is 0 Å². The second-order valence-electron chi connectivity index (χ2n) is 5.72. The SMILES string of the molecule is CCC(CC)(CN)C(=O)NCC(C)c1cccc(C)c1. The van der Waals surface area contributed by atoms with E-state index in [0.717, 1.165) is 12.8 Å². The van der Waals surface area contributed by atoms with Gasteiger partial charge in [-0.25, -0.2) is 0 Å². The van der Waals surface area contributed by atoms with E-state index in [2.05, 4.69) is 43.4 Å². The van der Waals surface area contributed by atoms with Gasteiger partial charge in [0, 0.05) is 13.1 Å². The summed E-state index contributed by atoms with van der Waals surface area (Å²) in [5, 5.41) is 3.08. The molecule has 1 aromatic carbocycles. The minimum Gasteiger partial charge on any atom is -0.355 e. The number of hydrogen-bond acceptors (Lipinski definition) is 2. The molecule has 1 amide bonds. The average Bonchev–Trinajstić information content (AvgIpc) is 2.47. The number of benzene rings is 1. The van der Waals surface area contributed by atoms with E-state index in [9.17, 15) is 4.79 Å². The van der Waals surface area contributed by atoms with E-state index in [0.29, 0.717) is 19.0 Å². The van der Waals surface area contributed by atoms with Crippen LogP contribution in [0.1, 0.15) is 50.7 Å². The Balaban J connectivity index is 2.64. The van der Waals surface area contributed by atoms with Crippen molar-refractivity contribution >= 4 is 5.91 Å². The first-order valence-electron chi connectivity index (χ1n) is 7.54. The zero-order valence-electron chi connectivity index (χ0n) is 13.2. The fraction of sp³-hybridized carbons (Fsp3) is 0.588. The molecule has 3 heteroatoms. The van der Waals surface area contributed by atoms with Crippen molar-refractivity contribution < 1.29 is 4.79 Å². The van der Waals surface area contributed by atoms with Gasteiger partial charge in [-0.15, -0.1) is 0 Å². The van der Waals surface area contributed by atoms with Gasteiger partial charge in [0.25, 0.3) is 0 Å². The second kappa shape index (κ2) is 7.44. The summed E-state index contributed by atoms with van der Waals surface area (Å²) >= 11 is 0. The van der Waals surface area contributed by atoms with E-state index < -0.39 is 5.41 Å². The minimum atomic E-state index is -0.410. The molecular formula is C17H28N2O. The lowest BCUT2D eigenvalue weighted by Crippen LogP contribution is -2.46. The number of nitrogens with one attached hydrogen (secondary N) is 1. The molecule has 0 aliphatic rings. The number of nitrogens with two attached hydrogens (primary N) is 1. The molecule has 0 saturated carbocycles. The van der Waals surface area contributed by atoms with Crippen LogP contribution in [0, 0.1) is 12.3 Å². The number of amides is 1. The van der Waals surface area contributed by atoms with Crippen molar-refractivity contribution in [3.63, 3.8) is 0 Å². The Labute approximate surface area is 122 Å². The van der Waals surface area contributed by atoms with Gasteiger partial charge in [-0.05, 0) is 31.2 Å². The Kier molecular flexibility index (Phi) is 6.21. The van der Waals surface area contributed by atoms with Crippen molar-refractivity contribution in [1.29, 1.82) is 0 Å². The zero-order valence-corrected chi connectivity index (χ0v) is 13.2. The Hall–Kier alpha value is -1.35. The Morgan fingerprint density at radius 2 is 2.00 bits per heavy atom. The molecule has 0 spiro atoms. The zero-order chi connectivity index (χ0) is 15.2. The van der Waals surface area contributed by atoms with Crippen LogP contribution in [-0.4, -0.2) is 19.0 Å². The maximum atomic E-state index is 12.4.